The van der Waals surface area contributed by atoms with Crippen molar-refractivity contribution in [1.82, 2.24) is 24.7 Å². The lowest BCUT2D eigenvalue weighted by molar-refractivity contribution is 0.533. The zero-order chi connectivity index (χ0) is 17.0. The topological polar surface area (TPSA) is 82.9 Å². The Bertz CT molecular complexity index is 960. The molecule has 8 nitrogen and oxygen atoms in total. The normalized spacial score (nSPS) is 22.8. The molecule has 1 N–H and O–H groups in total. The van der Waals surface area contributed by atoms with Gasteiger partial charge in [-0.05, 0) is 12.1 Å². The van der Waals surface area contributed by atoms with E-state index >= 15 is 0 Å². The number of H-pyrrole nitrogens is 1. The number of nitrogens with zero attached hydrogens (tertiary/aromatic N) is 6. The minimum absolute atomic E-state index is 0.162. The van der Waals surface area contributed by atoms with Crippen molar-refractivity contribution >= 4 is 22.7 Å². The van der Waals surface area contributed by atoms with Gasteiger partial charge in [-0.25, -0.2) is 15.1 Å². The summed E-state index contributed by atoms with van der Waals surface area (Å²) >= 11 is 0. The van der Waals surface area contributed by atoms with Gasteiger partial charge in [-0.1, -0.05) is 0 Å². The Balaban J connectivity index is 1.37. The quantitative estimate of drug-likeness (QED) is 0.738. The van der Waals surface area contributed by atoms with E-state index in [1.54, 1.807) is 12.4 Å². The SMILES string of the molecule is Cn1ccc2c(N3CC4CN(c5ccc(=O)[nH]n5)CC4C3)ncnc21. The fourth-order valence-electron chi connectivity index (χ4n) is 4.18. The van der Waals surface area contributed by atoms with Crippen LogP contribution in [-0.4, -0.2) is 50.9 Å². The van der Waals surface area contributed by atoms with Crippen LogP contribution < -0.4 is 15.4 Å². The highest BCUT2D eigenvalue weighted by Crippen LogP contribution is 2.36. The maximum absolute atomic E-state index is 11.2. The van der Waals surface area contributed by atoms with Crippen LogP contribution in [0.15, 0.2) is 35.5 Å². The third-order valence-electron chi connectivity index (χ3n) is 5.41. The number of rotatable bonds is 2. The molecule has 0 spiro atoms. The van der Waals surface area contributed by atoms with E-state index in [1.807, 2.05) is 17.8 Å². The molecule has 5 rings (SSSR count). The van der Waals surface area contributed by atoms with Crippen LogP contribution in [0.2, 0.25) is 0 Å². The molecule has 0 amide bonds. The Morgan fingerprint density at radius 2 is 1.80 bits per heavy atom. The Morgan fingerprint density at radius 3 is 2.52 bits per heavy atom. The molecule has 0 saturated carbocycles. The van der Waals surface area contributed by atoms with E-state index in [1.165, 1.54) is 6.07 Å². The standard InChI is InChI=1S/C17H19N7O/c1-22-5-4-13-16(22)18-10-19-17(13)24-8-11-6-23(7-12(11)9-24)14-2-3-15(25)21-20-14/h2-5,10-12H,6-9H2,1H3,(H,21,25). The van der Waals surface area contributed by atoms with E-state index in [0.29, 0.717) is 11.8 Å². The summed E-state index contributed by atoms with van der Waals surface area (Å²) in [5, 5.41) is 7.80. The van der Waals surface area contributed by atoms with Gasteiger partial charge in [0.05, 0.1) is 5.39 Å². The Labute approximate surface area is 144 Å². The van der Waals surface area contributed by atoms with Crippen molar-refractivity contribution < 1.29 is 0 Å². The first-order chi connectivity index (χ1) is 12.2. The van der Waals surface area contributed by atoms with Crippen LogP contribution in [0.3, 0.4) is 0 Å². The van der Waals surface area contributed by atoms with E-state index in [0.717, 1.165) is 48.8 Å². The molecule has 2 aliphatic rings. The first kappa shape index (κ1) is 14.4. The summed E-state index contributed by atoms with van der Waals surface area (Å²) in [4.78, 5) is 24.8. The maximum atomic E-state index is 11.2. The van der Waals surface area contributed by atoms with Gasteiger partial charge in [0.1, 0.15) is 23.6 Å². The average molecular weight is 337 g/mol. The van der Waals surface area contributed by atoms with Gasteiger partial charge in [-0.15, -0.1) is 0 Å². The summed E-state index contributed by atoms with van der Waals surface area (Å²) in [6, 6.07) is 5.43. The van der Waals surface area contributed by atoms with Gasteiger partial charge in [0.25, 0.3) is 5.56 Å². The van der Waals surface area contributed by atoms with Crippen LogP contribution in [0.5, 0.6) is 0 Å². The fourth-order valence-corrected chi connectivity index (χ4v) is 4.18. The molecule has 2 fully saturated rings. The third-order valence-corrected chi connectivity index (χ3v) is 5.41. The largest absolute Gasteiger partial charge is 0.355 e. The number of aryl methyl sites for hydroxylation is 1. The Hall–Kier alpha value is -2.90. The molecule has 0 radical (unpaired) electrons. The molecular weight excluding hydrogens is 318 g/mol. The van der Waals surface area contributed by atoms with E-state index in [9.17, 15) is 4.79 Å². The lowest BCUT2D eigenvalue weighted by atomic mass is 10.0. The van der Waals surface area contributed by atoms with Crippen LogP contribution in [0.1, 0.15) is 0 Å². The Morgan fingerprint density at radius 1 is 1.04 bits per heavy atom. The molecular formula is C17H19N7O. The van der Waals surface area contributed by atoms with Crippen molar-refractivity contribution in [3.05, 3.63) is 41.1 Å². The fraction of sp³-hybridized carbons (Fsp3) is 0.412. The predicted octanol–water partition coefficient (Wildman–Crippen LogP) is 0.624. The van der Waals surface area contributed by atoms with Crippen LogP contribution in [0, 0.1) is 11.8 Å². The molecule has 0 aliphatic carbocycles. The highest BCUT2D eigenvalue weighted by Gasteiger charge is 2.41. The van der Waals surface area contributed by atoms with Crippen LogP contribution in [0.25, 0.3) is 11.0 Å². The highest BCUT2D eigenvalue weighted by atomic mass is 16.1. The summed E-state index contributed by atoms with van der Waals surface area (Å²) < 4.78 is 2.03. The number of aromatic amines is 1. The molecule has 0 bridgehead atoms. The number of fused-ring (bicyclic) bond motifs is 2. The summed E-state index contributed by atoms with van der Waals surface area (Å²) in [6.45, 7) is 3.91. The molecule has 3 aromatic rings. The molecule has 3 aromatic heterocycles. The molecule has 128 valence electrons. The van der Waals surface area contributed by atoms with Crippen molar-refractivity contribution in [1.29, 1.82) is 0 Å². The van der Waals surface area contributed by atoms with Gasteiger partial charge >= 0.3 is 0 Å². The summed E-state index contributed by atoms with van der Waals surface area (Å²) in [6.07, 6.45) is 3.69. The number of hydrogen-bond acceptors (Lipinski definition) is 6. The lowest BCUT2D eigenvalue weighted by Gasteiger charge is -2.23. The van der Waals surface area contributed by atoms with Crippen LogP contribution >= 0.6 is 0 Å². The summed E-state index contributed by atoms with van der Waals surface area (Å²) in [5.41, 5.74) is 0.811. The summed E-state index contributed by atoms with van der Waals surface area (Å²) in [5.74, 6) is 3.06. The van der Waals surface area contributed by atoms with Gasteiger partial charge in [0.2, 0.25) is 0 Å². The zero-order valence-electron chi connectivity index (χ0n) is 14.0. The molecule has 2 aliphatic heterocycles. The van der Waals surface area contributed by atoms with Gasteiger partial charge in [-0.2, -0.15) is 5.10 Å². The predicted molar refractivity (Wildman–Crippen MR) is 94.8 cm³/mol. The van der Waals surface area contributed by atoms with Crippen LogP contribution in [0.4, 0.5) is 11.6 Å². The van der Waals surface area contributed by atoms with Crippen molar-refractivity contribution in [2.24, 2.45) is 18.9 Å². The average Bonchev–Trinajstić information content (AvgIpc) is 3.29. The van der Waals surface area contributed by atoms with E-state index in [2.05, 4.69) is 36.0 Å². The van der Waals surface area contributed by atoms with Crippen molar-refractivity contribution in [2.45, 2.75) is 0 Å². The van der Waals surface area contributed by atoms with Crippen molar-refractivity contribution in [3.8, 4) is 0 Å². The number of aromatic nitrogens is 5. The first-order valence-electron chi connectivity index (χ1n) is 8.51. The van der Waals surface area contributed by atoms with E-state index < -0.39 is 0 Å². The van der Waals surface area contributed by atoms with Crippen molar-refractivity contribution in [3.63, 3.8) is 0 Å². The molecule has 0 aromatic carbocycles. The van der Waals surface area contributed by atoms with E-state index in [4.69, 9.17) is 0 Å². The number of hydrogen-bond donors (Lipinski definition) is 1. The second-order valence-electron chi connectivity index (χ2n) is 6.97. The molecule has 25 heavy (non-hydrogen) atoms. The third kappa shape index (κ3) is 2.28. The monoisotopic (exact) mass is 337 g/mol. The molecule has 2 atom stereocenters. The Kier molecular flexibility index (Phi) is 3.06. The second kappa shape index (κ2) is 5.30. The minimum Gasteiger partial charge on any atom is -0.355 e. The maximum Gasteiger partial charge on any atom is 0.264 e. The van der Waals surface area contributed by atoms with Gasteiger partial charge in [0.15, 0.2) is 0 Å². The number of nitrogens with one attached hydrogen (secondary N) is 1. The molecule has 5 heterocycles. The molecule has 8 heteroatoms. The molecule has 2 saturated heterocycles. The van der Waals surface area contributed by atoms with Crippen LogP contribution in [-0.2, 0) is 7.05 Å². The molecule has 2 unspecified atom stereocenters. The second-order valence-corrected chi connectivity index (χ2v) is 6.97. The lowest BCUT2D eigenvalue weighted by Crippen LogP contribution is -2.30. The smallest absolute Gasteiger partial charge is 0.264 e. The first-order valence-corrected chi connectivity index (χ1v) is 8.51. The minimum atomic E-state index is -0.162. The van der Waals surface area contributed by atoms with Gasteiger partial charge < -0.3 is 14.4 Å². The van der Waals surface area contributed by atoms with E-state index in [-0.39, 0.29) is 5.56 Å². The highest BCUT2D eigenvalue weighted by molar-refractivity contribution is 5.88. The van der Waals surface area contributed by atoms with Gasteiger partial charge in [0, 0.05) is 57.3 Å². The zero-order valence-corrected chi connectivity index (χ0v) is 14.0. The summed E-state index contributed by atoms with van der Waals surface area (Å²) in [7, 11) is 2.01. The van der Waals surface area contributed by atoms with Crippen molar-refractivity contribution in [2.75, 3.05) is 36.0 Å². The number of anilines is 2. The van der Waals surface area contributed by atoms with Gasteiger partial charge in [-0.3, -0.25) is 4.79 Å².